The molecule has 0 fully saturated rings. The topological polar surface area (TPSA) is 75.4 Å². The Morgan fingerprint density at radius 1 is 1.39 bits per heavy atom. The van der Waals surface area contributed by atoms with Crippen molar-refractivity contribution in [2.24, 2.45) is 11.3 Å². The van der Waals surface area contributed by atoms with Gasteiger partial charge in [0.05, 0.1) is 0 Å². The van der Waals surface area contributed by atoms with Crippen molar-refractivity contribution >= 4 is 11.6 Å². The van der Waals surface area contributed by atoms with Gasteiger partial charge in [0.1, 0.15) is 11.5 Å². The lowest BCUT2D eigenvalue weighted by Gasteiger charge is -2.33. The van der Waals surface area contributed by atoms with Crippen LogP contribution in [0.4, 0.5) is 5.69 Å². The van der Waals surface area contributed by atoms with E-state index in [0.717, 1.165) is 30.6 Å². The van der Waals surface area contributed by atoms with Crippen molar-refractivity contribution in [3.05, 3.63) is 41.3 Å². The number of rotatable bonds is 2. The molecule has 0 bridgehead atoms. The number of anilines is 1. The molecule has 0 radical (unpaired) electrons. The van der Waals surface area contributed by atoms with Gasteiger partial charge in [-0.15, -0.1) is 0 Å². The number of nitrogens with one attached hydrogen (secondary N) is 1. The molecule has 3 rings (SSSR count). The van der Waals surface area contributed by atoms with Crippen molar-refractivity contribution in [2.75, 3.05) is 5.32 Å². The molecule has 122 valence electrons. The number of hydrogen-bond donors (Lipinski definition) is 2. The molecule has 1 heterocycles. The van der Waals surface area contributed by atoms with Crippen LogP contribution < -0.4 is 5.32 Å². The molecular formula is C18H22N2O3. The van der Waals surface area contributed by atoms with Crippen LogP contribution in [0.15, 0.2) is 28.8 Å². The SMILES string of the molecule is CC(C)(C)[C@@H]1CCc2onc(C(=O)Nc3cccc(O)c3)c2C1. The number of aryl methyl sites for hydroxylation is 1. The Morgan fingerprint density at radius 2 is 2.17 bits per heavy atom. The molecule has 0 aliphatic heterocycles. The number of aromatic nitrogens is 1. The van der Waals surface area contributed by atoms with Gasteiger partial charge in [-0.1, -0.05) is 32.0 Å². The number of hydrogen-bond acceptors (Lipinski definition) is 4. The lowest BCUT2D eigenvalue weighted by molar-refractivity contribution is 0.101. The van der Waals surface area contributed by atoms with E-state index in [4.69, 9.17) is 4.52 Å². The molecular weight excluding hydrogens is 292 g/mol. The summed E-state index contributed by atoms with van der Waals surface area (Å²) in [4.78, 5) is 12.5. The second-order valence-electron chi connectivity index (χ2n) is 7.24. The zero-order chi connectivity index (χ0) is 16.6. The zero-order valence-corrected chi connectivity index (χ0v) is 13.7. The Labute approximate surface area is 135 Å². The second-order valence-corrected chi connectivity index (χ2v) is 7.24. The molecule has 1 aromatic carbocycles. The van der Waals surface area contributed by atoms with Crippen LogP contribution in [-0.2, 0) is 12.8 Å². The monoisotopic (exact) mass is 314 g/mol. The number of fused-ring (bicyclic) bond motifs is 1. The predicted molar refractivity (Wildman–Crippen MR) is 87.5 cm³/mol. The van der Waals surface area contributed by atoms with Crippen LogP contribution >= 0.6 is 0 Å². The first-order chi connectivity index (χ1) is 10.8. The maximum atomic E-state index is 12.5. The van der Waals surface area contributed by atoms with Gasteiger partial charge in [0, 0.05) is 23.7 Å². The fraction of sp³-hybridized carbons (Fsp3) is 0.444. The molecule has 1 aromatic heterocycles. The van der Waals surface area contributed by atoms with Crippen molar-refractivity contribution in [2.45, 2.75) is 40.0 Å². The summed E-state index contributed by atoms with van der Waals surface area (Å²) in [5.41, 5.74) is 2.01. The van der Waals surface area contributed by atoms with Crippen molar-refractivity contribution < 1.29 is 14.4 Å². The summed E-state index contributed by atoms with van der Waals surface area (Å²) in [5, 5.41) is 16.2. The van der Waals surface area contributed by atoms with E-state index in [0.29, 0.717) is 17.3 Å². The number of carbonyl (C=O) groups excluding carboxylic acids is 1. The molecule has 1 aliphatic carbocycles. The van der Waals surface area contributed by atoms with Crippen molar-refractivity contribution in [1.29, 1.82) is 0 Å². The first-order valence-electron chi connectivity index (χ1n) is 7.92. The molecule has 1 atom stereocenters. The molecule has 1 amide bonds. The van der Waals surface area contributed by atoms with Crippen LogP contribution in [0.5, 0.6) is 5.75 Å². The smallest absolute Gasteiger partial charge is 0.278 e. The molecule has 1 aliphatic rings. The van der Waals surface area contributed by atoms with Gasteiger partial charge in [0.25, 0.3) is 5.91 Å². The highest BCUT2D eigenvalue weighted by atomic mass is 16.5. The summed E-state index contributed by atoms with van der Waals surface area (Å²) >= 11 is 0. The summed E-state index contributed by atoms with van der Waals surface area (Å²) in [5.74, 6) is 1.14. The van der Waals surface area contributed by atoms with Crippen LogP contribution in [0, 0.1) is 11.3 Å². The fourth-order valence-corrected chi connectivity index (χ4v) is 3.10. The number of phenols is 1. The third-order valence-corrected chi connectivity index (χ3v) is 4.58. The predicted octanol–water partition coefficient (Wildman–Crippen LogP) is 3.78. The zero-order valence-electron chi connectivity index (χ0n) is 13.7. The molecule has 5 heteroatoms. The lowest BCUT2D eigenvalue weighted by Crippen LogP contribution is -2.27. The molecule has 0 unspecified atom stereocenters. The van der Waals surface area contributed by atoms with E-state index < -0.39 is 0 Å². The Kier molecular flexibility index (Phi) is 3.88. The Bertz CT molecular complexity index is 728. The van der Waals surface area contributed by atoms with Gasteiger partial charge in [0.2, 0.25) is 0 Å². The standard InChI is InChI=1S/C18H22N2O3/c1-18(2,3)11-7-8-15-14(9-11)16(20-23-15)17(22)19-12-5-4-6-13(21)10-12/h4-6,10-11,21H,7-9H2,1-3H3,(H,19,22)/t11-/m1/s1. The lowest BCUT2D eigenvalue weighted by atomic mass is 9.71. The van der Waals surface area contributed by atoms with Crippen LogP contribution in [0.25, 0.3) is 0 Å². The van der Waals surface area contributed by atoms with Crippen molar-refractivity contribution in [3.8, 4) is 5.75 Å². The molecule has 0 spiro atoms. The van der Waals surface area contributed by atoms with Crippen LogP contribution in [0.1, 0.15) is 49.0 Å². The van der Waals surface area contributed by atoms with E-state index >= 15 is 0 Å². The third-order valence-electron chi connectivity index (χ3n) is 4.58. The minimum absolute atomic E-state index is 0.109. The molecule has 2 aromatic rings. The molecule has 2 N–H and O–H groups in total. The Hall–Kier alpha value is -2.30. The number of carbonyl (C=O) groups is 1. The number of amides is 1. The molecule has 5 nitrogen and oxygen atoms in total. The largest absolute Gasteiger partial charge is 0.508 e. The van der Waals surface area contributed by atoms with Gasteiger partial charge < -0.3 is 14.9 Å². The summed E-state index contributed by atoms with van der Waals surface area (Å²) in [7, 11) is 0. The highest BCUT2D eigenvalue weighted by Gasteiger charge is 2.34. The van der Waals surface area contributed by atoms with Crippen LogP contribution in [0.3, 0.4) is 0 Å². The molecule has 0 saturated carbocycles. The molecule has 23 heavy (non-hydrogen) atoms. The normalized spacial score (nSPS) is 17.6. The van der Waals surface area contributed by atoms with Crippen LogP contribution in [0.2, 0.25) is 0 Å². The van der Waals surface area contributed by atoms with Gasteiger partial charge in [0.15, 0.2) is 5.69 Å². The van der Waals surface area contributed by atoms with Gasteiger partial charge in [-0.2, -0.15) is 0 Å². The van der Waals surface area contributed by atoms with Gasteiger partial charge in [-0.05, 0) is 36.3 Å². The van der Waals surface area contributed by atoms with Crippen molar-refractivity contribution in [1.82, 2.24) is 5.16 Å². The summed E-state index contributed by atoms with van der Waals surface area (Å²) in [6.45, 7) is 6.67. The number of aromatic hydroxyl groups is 1. The van der Waals surface area contributed by atoms with E-state index in [2.05, 4.69) is 31.2 Å². The van der Waals surface area contributed by atoms with Gasteiger partial charge in [-0.25, -0.2) is 0 Å². The number of benzene rings is 1. The average molecular weight is 314 g/mol. The highest BCUT2D eigenvalue weighted by molar-refractivity contribution is 6.04. The van der Waals surface area contributed by atoms with E-state index in [-0.39, 0.29) is 17.1 Å². The van der Waals surface area contributed by atoms with E-state index in [1.54, 1.807) is 18.2 Å². The van der Waals surface area contributed by atoms with Gasteiger partial charge in [-0.3, -0.25) is 4.79 Å². The summed E-state index contributed by atoms with van der Waals surface area (Å²) < 4.78 is 5.37. The summed E-state index contributed by atoms with van der Waals surface area (Å²) in [6, 6.07) is 6.46. The Balaban J connectivity index is 1.82. The minimum atomic E-state index is -0.296. The molecule has 0 saturated heterocycles. The number of nitrogens with zero attached hydrogens (tertiary/aromatic N) is 1. The first-order valence-corrected chi connectivity index (χ1v) is 7.92. The maximum Gasteiger partial charge on any atom is 0.278 e. The highest BCUT2D eigenvalue weighted by Crippen LogP contribution is 2.38. The van der Waals surface area contributed by atoms with Crippen LogP contribution in [-0.4, -0.2) is 16.2 Å². The van der Waals surface area contributed by atoms with E-state index in [1.165, 1.54) is 6.07 Å². The quantitative estimate of drug-likeness (QED) is 0.884. The first kappa shape index (κ1) is 15.6. The Morgan fingerprint density at radius 3 is 2.87 bits per heavy atom. The average Bonchev–Trinajstić information content (AvgIpc) is 2.89. The maximum absolute atomic E-state index is 12.5. The fourth-order valence-electron chi connectivity index (χ4n) is 3.10. The van der Waals surface area contributed by atoms with Crippen molar-refractivity contribution in [3.63, 3.8) is 0 Å². The van der Waals surface area contributed by atoms with E-state index in [9.17, 15) is 9.90 Å². The van der Waals surface area contributed by atoms with E-state index in [1.807, 2.05) is 0 Å². The number of phenolic OH excluding ortho intramolecular Hbond substituents is 1. The minimum Gasteiger partial charge on any atom is -0.508 e. The third kappa shape index (κ3) is 3.23. The second kappa shape index (κ2) is 5.72. The summed E-state index contributed by atoms with van der Waals surface area (Å²) in [6.07, 6.45) is 2.69. The van der Waals surface area contributed by atoms with Gasteiger partial charge >= 0.3 is 0 Å².